The maximum atomic E-state index is 12.2. The fourth-order valence-corrected chi connectivity index (χ4v) is 3.15. The average Bonchev–Trinajstić information content (AvgIpc) is 2.55. The summed E-state index contributed by atoms with van der Waals surface area (Å²) in [6.07, 6.45) is 0. The third-order valence-corrected chi connectivity index (χ3v) is 4.77. The van der Waals surface area contributed by atoms with Gasteiger partial charge in [0.1, 0.15) is 0 Å². The molecule has 1 atom stereocenters. The van der Waals surface area contributed by atoms with Crippen LogP contribution in [0.2, 0.25) is 0 Å². The first-order valence-corrected chi connectivity index (χ1v) is 8.56. The number of nitrogens with one attached hydrogen (secondary N) is 2. The fourth-order valence-electron chi connectivity index (χ4n) is 1.92. The van der Waals surface area contributed by atoms with Gasteiger partial charge in [-0.3, -0.25) is 9.59 Å². The van der Waals surface area contributed by atoms with Crippen molar-refractivity contribution in [3.05, 3.63) is 60.2 Å². The van der Waals surface area contributed by atoms with Gasteiger partial charge in [-0.25, -0.2) is 8.42 Å². The Hall–Kier alpha value is -2.71. The average molecular weight is 347 g/mol. The van der Waals surface area contributed by atoms with Crippen LogP contribution in [-0.4, -0.2) is 26.3 Å². The van der Waals surface area contributed by atoms with Gasteiger partial charge in [0.05, 0.1) is 10.9 Å². The highest BCUT2D eigenvalue weighted by atomic mass is 32.2. The maximum absolute atomic E-state index is 12.2. The number of rotatable bonds is 6. The number of carbonyl (C=O) groups excluding carboxylic acids is 2. The lowest BCUT2D eigenvalue weighted by Crippen LogP contribution is -2.41. The highest BCUT2D eigenvalue weighted by Gasteiger charge is 2.21. The number of benzene rings is 2. The molecule has 0 spiro atoms. The number of primary amides is 1. The molecule has 7 nitrogen and oxygen atoms in total. The predicted molar refractivity (Wildman–Crippen MR) is 89.8 cm³/mol. The van der Waals surface area contributed by atoms with E-state index in [9.17, 15) is 18.0 Å². The van der Waals surface area contributed by atoms with E-state index < -0.39 is 27.9 Å². The Morgan fingerprint density at radius 3 is 2.12 bits per heavy atom. The topological polar surface area (TPSA) is 118 Å². The summed E-state index contributed by atoms with van der Waals surface area (Å²) in [5.74, 6) is -1.10. The molecule has 4 N–H and O–H groups in total. The summed E-state index contributed by atoms with van der Waals surface area (Å²) in [6, 6.07) is 12.8. The van der Waals surface area contributed by atoms with Gasteiger partial charge < -0.3 is 11.1 Å². The van der Waals surface area contributed by atoms with Crippen molar-refractivity contribution in [2.24, 2.45) is 5.73 Å². The third-order valence-electron chi connectivity index (χ3n) is 3.22. The predicted octanol–water partition coefficient (Wildman–Crippen LogP) is 1.09. The van der Waals surface area contributed by atoms with Crippen LogP contribution in [0.15, 0.2) is 59.5 Å². The zero-order chi connectivity index (χ0) is 17.7. The molecule has 0 unspecified atom stereocenters. The SMILES string of the molecule is C[C@@H](NS(=O)(=O)c1ccccc1)C(=O)Nc1ccc(C(N)=O)cc1. The largest absolute Gasteiger partial charge is 0.366 e. The summed E-state index contributed by atoms with van der Waals surface area (Å²) in [5, 5.41) is 2.56. The third kappa shape index (κ3) is 4.40. The maximum Gasteiger partial charge on any atom is 0.248 e. The van der Waals surface area contributed by atoms with E-state index >= 15 is 0 Å². The molecule has 8 heteroatoms. The molecule has 0 heterocycles. The van der Waals surface area contributed by atoms with Gasteiger partial charge in [0.2, 0.25) is 21.8 Å². The first-order valence-electron chi connectivity index (χ1n) is 7.08. The summed E-state index contributed by atoms with van der Waals surface area (Å²) in [4.78, 5) is 23.2. The van der Waals surface area contributed by atoms with E-state index in [2.05, 4.69) is 10.0 Å². The minimum absolute atomic E-state index is 0.0791. The Balaban J connectivity index is 2.03. The monoisotopic (exact) mass is 347 g/mol. The van der Waals surface area contributed by atoms with Crippen molar-refractivity contribution in [2.45, 2.75) is 17.9 Å². The molecule has 0 bridgehead atoms. The summed E-state index contributed by atoms with van der Waals surface area (Å²) in [5.41, 5.74) is 5.87. The molecule has 0 saturated carbocycles. The normalized spacial score (nSPS) is 12.4. The van der Waals surface area contributed by atoms with Crippen molar-refractivity contribution in [3.63, 3.8) is 0 Å². The summed E-state index contributed by atoms with van der Waals surface area (Å²) < 4.78 is 26.7. The van der Waals surface area contributed by atoms with Crippen molar-refractivity contribution < 1.29 is 18.0 Å². The standard InChI is InChI=1S/C16H17N3O4S/c1-11(19-24(22,23)14-5-3-2-4-6-14)16(21)18-13-9-7-12(8-10-13)15(17)20/h2-11,19H,1H3,(H2,17,20)(H,18,21)/t11-/m1/s1. The zero-order valence-corrected chi connectivity index (χ0v) is 13.7. The summed E-state index contributed by atoms with van der Waals surface area (Å²) >= 11 is 0. The van der Waals surface area contributed by atoms with Gasteiger partial charge >= 0.3 is 0 Å². The number of hydrogen-bond donors (Lipinski definition) is 3. The Morgan fingerprint density at radius 2 is 1.58 bits per heavy atom. The fraction of sp³-hybridized carbons (Fsp3) is 0.125. The van der Waals surface area contributed by atoms with Crippen LogP contribution in [0.1, 0.15) is 17.3 Å². The van der Waals surface area contributed by atoms with Crippen LogP contribution in [-0.2, 0) is 14.8 Å². The van der Waals surface area contributed by atoms with Gasteiger partial charge in [0.25, 0.3) is 0 Å². The Bertz CT molecular complexity index is 833. The second-order valence-corrected chi connectivity index (χ2v) is 6.80. The molecule has 0 aliphatic carbocycles. The molecule has 2 aromatic rings. The van der Waals surface area contributed by atoms with Gasteiger partial charge in [-0.1, -0.05) is 18.2 Å². The molecule has 126 valence electrons. The van der Waals surface area contributed by atoms with Crippen LogP contribution in [0.3, 0.4) is 0 Å². The highest BCUT2D eigenvalue weighted by molar-refractivity contribution is 7.89. The number of hydrogen-bond acceptors (Lipinski definition) is 4. The molecule has 0 aliphatic heterocycles. The molecule has 2 aromatic carbocycles. The second kappa shape index (κ2) is 7.24. The van der Waals surface area contributed by atoms with Crippen LogP contribution < -0.4 is 15.8 Å². The van der Waals surface area contributed by atoms with Gasteiger partial charge in [-0.15, -0.1) is 0 Å². The zero-order valence-electron chi connectivity index (χ0n) is 12.9. The van der Waals surface area contributed by atoms with Crippen molar-refractivity contribution in [1.82, 2.24) is 4.72 Å². The van der Waals surface area contributed by atoms with E-state index in [4.69, 9.17) is 5.73 Å². The molecular weight excluding hydrogens is 330 g/mol. The smallest absolute Gasteiger partial charge is 0.248 e. The lowest BCUT2D eigenvalue weighted by atomic mass is 10.2. The van der Waals surface area contributed by atoms with E-state index in [1.54, 1.807) is 18.2 Å². The van der Waals surface area contributed by atoms with Crippen molar-refractivity contribution in [1.29, 1.82) is 0 Å². The van der Waals surface area contributed by atoms with Crippen molar-refractivity contribution >= 4 is 27.5 Å². The summed E-state index contributed by atoms with van der Waals surface area (Å²) in [6.45, 7) is 1.44. The van der Waals surface area contributed by atoms with Crippen molar-refractivity contribution in [2.75, 3.05) is 5.32 Å². The van der Waals surface area contributed by atoms with E-state index in [0.717, 1.165) is 0 Å². The molecule has 0 saturated heterocycles. The Kier molecular flexibility index (Phi) is 5.32. The summed E-state index contributed by atoms with van der Waals surface area (Å²) in [7, 11) is -3.79. The van der Waals surface area contributed by atoms with Crippen LogP contribution in [0, 0.1) is 0 Å². The minimum atomic E-state index is -3.79. The van der Waals surface area contributed by atoms with E-state index in [-0.39, 0.29) is 4.90 Å². The molecule has 2 amide bonds. The highest BCUT2D eigenvalue weighted by Crippen LogP contribution is 2.11. The van der Waals surface area contributed by atoms with Crippen LogP contribution in [0.25, 0.3) is 0 Å². The first-order chi connectivity index (χ1) is 11.3. The van der Waals surface area contributed by atoms with Gasteiger partial charge in [-0.2, -0.15) is 4.72 Å². The van der Waals surface area contributed by atoms with E-state index in [1.807, 2.05) is 0 Å². The number of sulfonamides is 1. The van der Waals surface area contributed by atoms with E-state index in [0.29, 0.717) is 11.3 Å². The van der Waals surface area contributed by atoms with Crippen LogP contribution in [0.4, 0.5) is 5.69 Å². The second-order valence-electron chi connectivity index (χ2n) is 5.09. The molecule has 0 aliphatic rings. The van der Waals surface area contributed by atoms with Crippen molar-refractivity contribution in [3.8, 4) is 0 Å². The minimum Gasteiger partial charge on any atom is -0.366 e. The molecule has 0 aromatic heterocycles. The Morgan fingerprint density at radius 1 is 1.00 bits per heavy atom. The molecule has 24 heavy (non-hydrogen) atoms. The van der Waals surface area contributed by atoms with Gasteiger partial charge in [0, 0.05) is 11.3 Å². The number of anilines is 1. The first kappa shape index (κ1) is 17.6. The lowest BCUT2D eigenvalue weighted by molar-refractivity contribution is -0.117. The number of nitrogens with two attached hydrogens (primary N) is 1. The quantitative estimate of drug-likeness (QED) is 0.725. The molecule has 2 rings (SSSR count). The van der Waals surface area contributed by atoms with Gasteiger partial charge in [-0.05, 0) is 43.3 Å². The lowest BCUT2D eigenvalue weighted by Gasteiger charge is -2.14. The van der Waals surface area contributed by atoms with Crippen LogP contribution >= 0.6 is 0 Å². The molecule has 0 fully saturated rings. The molecular formula is C16H17N3O4S. The number of carbonyl (C=O) groups is 2. The van der Waals surface area contributed by atoms with E-state index in [1.165, 1.54) is 43.3 Å². The molecule has 0 radical (unpaired) electrons. The Labute approximate surface area is 139 Å². The number of amides is 2. The van der Waals surface area contributed by atoms with Gasteiger partial charge in [0.15, 0.2) is 0 Å². The van der Waals surface area contributed by atoms with Crippen LogP contribution in [0.5, 0.6) is 0 Å².